The highest BCUT2D eigenvalue weighted by Gasteiger charge is 2.13. The van der Waals surface area contributed by atoms with Crippen LogP contribution in [-0.2, 0) is 0 Å². The van der Waals surface area contributed by atoms with Gasteiger partial charge in [0.25, 0.3) is 0 Å². The Morgan fingerprint density at radius 1 is 1.16 bits per heavy atom. The van der Waals surface area contributed by atoms with Crippen molar-refractivity contribution in [2.75, 3.05) is 0 Å². The van der Waals surface area contributed by atoms with Gasteiger partial charge in [0.1, 0.15) is 0 Å². The summed E-state index contributed by atoms with van der Waals surface area (Å²) in [6, 6.07) is 6.03. The van der Waals surface area contributed by atoms with Gasteiger partial charge in [-0.25, -0.2) is 0 Å². The zero-order valence-electron chi connectivity index (χ0n) is 11.1. The maximum absolute atomic E-state index is 6.17. The lowest BCUT2D eigenvalue weighted by atomic mass is 9.99. The van der Waals surface area contributed by atoms with Crippen molar-refractivity contribution >= 4 is 22.5 Å². The quantitative estimate of drug-likeness (QED) is 0.720. The van der Waals surface area contributed by atoms with Crippen molar-refractivity contribution in [1.82, 2.24) is 15.2 Å². The molecule has 0 aliphatic heterocycles. The Kier molecular flexibility index (Phi) is 2.79. The molecule has 0 amide bonds. The molecule has 3 nitrogen and oxygen atoms in total. The van der Waals surface area contributed by atoms with Gasteiger partial charge in [0.05, 0.1) is 11.2 Å². The fourth-order valence-electron chi connectivity index (χ4n) is 2.44. The Morgan fingerprint density at radius 3 is 2.63 bits per heavy atom. The second kappa shape index (κ2) is 4.35. The molecule has 0 saturated heterocycles. The van der Waals surface area contributed by atoms with E-state index in [0.717, 1.165) is 44.0 Å². The first kappa shape index (κ1) is 12.2. The summed E-state index contributed by atoms with van der Waals surface area (Å²) in [6.45, 7) is 6.05. The molecule has 0 fully saturated rings. The van der Waals surface area contributed by atoms with Gasteiger partial charge in [0.2, 0.25) is 0 Å². The van der Waals surface area contributed by atoms with Crippen molar-refractivity contribution in [3.63, 3.8) is 0 Å². The molecular weight excluding hydrogens is 258 g/mol. The normalized spacial score (nSPS) is 11.2. The first-order valence-corrected chi connectivity index (χ1v) is 6.52. The Morgan fingerprint density at radius 2 is 1.95 bits per heavy atom. The van der Waals surface area contributed by atoms with Gasteiger partial charge in [0, 0.05) is 27.9 Å². The van der Waals surface area contributed by atoms with Crippen LogP contribution in [0.4, 0.5) is 0 Å². The fraction of sp³-hybridized carbons (Fsp3) is 0.200. The van der Waals surface area contributed by atoms with E-state index in [9.17, 15) is 0 Å². The summed E-state index contributed by atoms with van der Waals surface area (Å²) in [7, 11) is 0. The van der Waals surface area contributed by atoms with Crippen LogP contribution in [0, 0.1) is 20.8 Å². The van der Waals surface area contributed by atoms with Gasteiger partial charge in [-0.15, -0.1) is 0 Å². The number of pyridine rings is 1. The van der Waals surface area contributed by atoms with E-state index in [-0.39, 0.29) is 0 Å². The van der Waals surface area contributed by atoms with Crippen LogP contribution in [0.2, 0.25) is 5.02 Å². The summed E-state index contributed by atoms with van der Waals surface area (Å²) < 4.78 is 0. The third-order valence-electron chi connectivity index (χ3n) is 3.42. The zero-order chi connectivity index (χ0) is 13.6. The van der Waals surface area contributed by atoms with Gasteiger partial charge < -0.3 is 0 Å². The minimum absolute atomic E-state index is 0.748. The predicted molar refractivity (Wildman–Crippen MR) is 78.5 cm³/mol. The van der Waals surface area contributed by atoms with Gasteiger partial charge in [0.15, 0.2) is 0 Å². The number of nitrogens with zero attached hydrogens (tertiary/aromatic N) is 2. The number of aromatic nitrogens is 3. The minimum atomic E-state index is 0.748. The molecule has 0 spiro atoms. The molecule has 0 aliphatic rings. The molecule has 0 aliphatic carbocycles. The summed E-state index contributed by atoms with van der Waals surface area (Å²) in [6.07, 6.45) is 1.81. The molecule has 3 rings (SSSR count). The highest BCUT2D eigenvalue weighted by Crippen LogP contribution is 2.33. The van der Waals surface area contributed by atoms with Crippen LogP contribution >= 0.6 is 11.6 Å². The van der Waals surface area contributed by atoms with E-state index in [4.69, 9.17) is 11.6 Å². The summed E-state index contributed by atoms with van der Waals surface area (Å²) >= 11 is 6.17. The number of rotatable bonds is 1. The fourth-order valence-corrected chi connectivity index (χ4v) is 2.60. The van der Waals surface area contributed by atoms with E-state index in [1.54, 1.807) is 0 Å². The molecule has 2 heterocycles. The number of aryl methyl sites for hydroxylation is 3. The Labute approximate surface area is 116 Å². The minimum Gasteiger partial charge on any atom is -0.282 e. The van der Waals surface area contributed by atoms with Crippen LogP contribution in [0.25, 0.3) is 22.0 Å². The monoisotopic (exact) mass is 271 g/mol. The third kappa shape index (κ3) is 1.90. The van der Waals surface area contributed by atoms with Gasteiger partial charge in [-0.3, -0.25) is 10.1 Å². The molecule has 0 bridgehead atoms. The maximum atomic E-state index is 6.17. The maximum Gasteiger partial charge on any atom is 0.0723 e. The van der Waals surface area contributed by atoms with Crippen LogP contribution in [0.3, 0.4) is 0 Å². The summed E-state index contributed by atoms with van der Waals surface area (Å²) in [5.74, 6) is 0. The highest BCUT2D eigenvalue weighted by atomic mass is 35.5. The van der Waals surface area contributed by atoms with E-state index in [1.807, 2.05) is 39.1 Å². The second-order valence-electron chi connectivity index (χ2n) is 4.79. The number of hydrogen-bond acceptors (Lipinski definition) is 2. The lowest BCUT2D eigenvalue weighted by Crippen LogP contribution is -1.88. The van der Waals surface area contributed by atoms with Crippen molar-refractivity contribution in [2.45, 2.75) is 20.8 Å². The molecule has 1 N–H and O–H groups in total. The van der Waals surface area contributed by atoms with Crippen LogP contribution in [0.15, 0.2) is 24.4 Å². The number of nitrogens with one attached hydrogen (secondary N) is 1. The molecule has 3 aromatic rings. The van der Waals surface area contributed by atoms with Crippen molar-refractivity contribution in [3.05, 3.63) is 46.4 Å². The predicted octanol–water partition coefficient (Wildman–Crippen LogP) is 4.20. The molecule has 2 aromatic heterocycles. The van der Waals surface area contributed by atoms with Gasteiger partial charge in [-0.1, -0.05) is 11.6 Å². The molecule has 0 saturated carbocycles. The molecule has 19 heavy (non-hydrogen) atoms. The number of benzene rings is 1. The van der Waals surface area contributed by atoms with E-state index in [1.165, 1.54) is 0 Å². The van der Waals surface area contributed by atoms with Crippen LogP contribution in [0.5, 0.6) is 0 Å². The first-order chi connectivity index (χ1) is 9.08. The molecule has 96 valence electrons. The van der Waals surface area contributed by atoms with Crippen molar-refractivity contribution in [2.24, 2.45) is 0 Å². The molecule has 0 unspecified atom stereocenters. The third-order valence-corrected chi connectivity index (χ3v) is 3.83. The Hall–Kier alpha value is -1.87. The molecular formula is C15H14ClN3. The van der Waals surface area contributed by atoms with Crippen molar-refractivity contribution in [3.8, 4) is 11.1 Å². The first-order valence-electron chi connectivity index (χ1n) is 6.14. The number of H-pyrrole nitrogens is 1. The lowest BCUT2D eigenvalue weighted by molar-refractivity contribution is 1.02. The van der Waals surface area contributed by atoms with E-state index < -0.39 is 0 Å². The number of hydrogen-bond donors (Lipinski definition) is 1. The van der Waals surface area contributed by atoms with Gasteiger partial charge in [-0.05, 0) is 50.1 Å². The molecule has 0 atom stereocenters. The highest BCUT2D eigenvalue weighted by molar-refractivity contribution is 6.32. The summed E-state index contributed by atoms with van der Waals surface area (Å²) in [5, 5.41) is 9.15. The lowest BCUT2D eigenvalue weighted by Gasteiger charge is -2.08. The average molecular weight is 272 g/mol. The van der Waals surface area contributed by atoms with E-state index in [0.29, 0.717) is 0 Å². The number of halogens is 1. The van der Waals surface area contributed by atoms with E-state index >= 15 is 0 Å². The number of fused-ring (bicyclic) bond motifs is 1. The van der Waals surface area contributed by atoms with Crippen LogP contribution in [-0.4, -0.2) is 15.2 Å². The second-order valence-corrected chi connectivity index (χ2v) is 5.19. The number of aromatic amines is 1. The largest absolute Gasteiger partial charge is 0.282 e. The molecule has 4 heteroatoms. The smallest absolute Gasteiger partial charge is 0.0723 e. The van der Waals surface area contributed by atoms with Crippen molar-refractivity contribution in [1.29, 1.82) is 0 Å². The molecule has 0 radical (unpaired) electrons. The van der Waals surface area contributed by atoms with Gasteiger partial charge in [-0.2, -0.15) is 5.10 Å². The van der Waals surface area contributed by atoms with Crippen LogP contribution in [0.1, 0.15) is 17.0 Å². The SMILES string of the molecule is Cc1cc2c(-c3c(C)n[nH]c3C)ccnc2cc1Cl. The topological polar surface area (TPSA) is 41.6 Å². The summed E-state index contributed by atoms with van der Waals surface area (Å²) in [4.78, 5) is 4.40. The Balaban J connectivity index is 2.39. The standard InChI is InChI=1S/C15H14ClN3/c1-8-6-12-11(15-9(2)18-19-10(15)3)4-5-17-14(12)7-13(8)16/h4-7H,1-3H3,(H,18,19). The van der Waals surface area contributed by atoms with Crippen LogP contribution < -0.4 is 0 Å². The van der Waals surface area contributed by atoms with Crippen molar-refractivity contribution < 1.29 is 0 Å². The zero-order valence-corrected chi connectivity index (χ0v) is 11.8. The molecule has 1 aromatic carbocycles. The van der Waals surface area contributed by atoms with Gasteiger partial charge >= 0.3 is 0 Å². The van der Waals surface area contributed by atoms with E-state index in [2.05, 4.69) is 21.2 Å². The summed E-state index contributed by atoms with van der Waals surface area (Å²) in [5.41, 5.74) is 6.33. The Bertz CT molecular complexity index is 755. The average Bonchev–Trinajstić information content (AvgIpc) is 2.70.